The lowest BCUT2D eigenvalue weighted by atomic mass is 10.1. The predicted molar refractivity (Wildman–Crippen MR) is 55.0 cm³/mol. The summed E-state index contributed by atoms with van der Waals surface area (Å²) in [5.41, 5.74) is 6.57. The largest absolute Gasteiger partial charge is 0.365 e. The normalized spacial score (nSPS) is 13.2. The molecule has 0 aliphatic rings. The quantitative estimate of drug-likeness (QED) is 0.794. The molecule has 78 valence electrons. The first-order valence-corrected chi connectivity index (χ1v) is 4.79. The number of aromatic nitrogens is 2. The first kappa shape index (κ1) is 10.8. The van der Waals surface area contributed by atoms with Crippen molar-refractivity contribution in [2.45, 2.75) is 33.7 Å². The second-order valence-electron chi connectivity index (χ2n) is 3.94. The van der Waals surface area contributed by atoms with Gasteiger partial charge in [-0.2, -0.15) is 5.10 Å². The van der Waals surface area contributed by atoms with Crippen LogP contribution in [-0.4, -0.2) is 15.7 Å². The average Bonchev–Trinajstić information content (AvgIpc) is 2.45. The van der Waals surface area contributed by atoms with E-state index < -0.39 is 5.91 Å². The maximum absolute atomic E-state index is 11.0. The number of hydrogen-bond acceptors (Lipinski definition) is 2. The van der Waals surface area contributed by atoms with E-state index in [1.807, 2.05) is 11.6 Å². The van der Waals surface area contributed by atoms with Crippen LogP contribution in [0.2, 0.25) is 0 Å². The minimum atomic E-state index is -0.412. The number of hydrogen-bond donors (Lipinski definition) is 1. The summed E-state index contributed by atoms with van der Waals surface area (Å²) in [6.45, 7) is 8.19. The van der Waals surface area contributed by atoms with E-state index in [2.05, 4.69) is 25.9 Å². The van der Waals surface area contributed by atoms with E-state index in [-0.39, 0.29) is 6.04 Å². The summed E-state index contributed by atoms with van der Waals surface area (Å²) in [6.07, 6.45) is 1.54. The number of nitrogens with two attached hydrogens (primary N) is 1. The maximum Gasteiger partial charge on any atom is 0.252 e. The first-order valence-electron chi connectivity index (χ1n) is 4.79. The second kappa shape index (κ2) is 3.82. The van der Waals surface area contributed by atoms with Crippen molar-refractivity contribution in [3.8, 4) is 0 Å². The van der Waals surface area contributed by atoms with Gasteiger partial charge < -0.3 is 5.73 Å². The van der Waals surface area contributed by atoms with E-state index in [0.717, 1.165) is 5.69 Å². The molecule has 1 rings (SSSR count). The standard InChI is InChI=1S/C10H17N3O/c1-6(2)7(3)13-8(4)9(5-12-13)10(11)14/h5-7H,1-4H3,(H2,11,14). The van der Waals surface area contributed by atoms with Gasteiger partial charge in [0.15, 0.2) is 0 Å². The van der Waals surface area contributed by atoms with Crippen LogP contribution in [0.1, 0.15) is 42.9 Å². The highest BCUT2D eigenvalue weighted by atomic mass is 16.1. The summed E-state index contributed by atoms with van der Waals surface area (Å²) in [5.74, 6) is 0.0685. The Balaban J connectivity index is 3.06. The van der Waals surface area contributed by atoms with Gasteiger partial charge in [-0.1, -0.05) is 13.8 Å². The van der Waals surface area contributed by atoms with Crippen LogP contribution in [0.4, 0.5) is 0 Å². The van der Waals surface area contributed by atoms with Crippen molar-refractivity contribution in [1.29, 1.82) is 0 Å². The van der Waals surface area contributed by atoms with Gasteiger partial charge in [0, 0.05) is 5.69 Å². The maximum atomic E-state index is 11.0. The Bertz CT molecular complexity index is 341. The number of carbonyl (C=O) groups is 1. The molecule has 0 saturated heterocycles. The highest BCUT2D eigenvalue weighted by molar-refractivity contribution is 5.93. The van der Waals surface area contributed by atoms with Crippen LogP contribution in [0.25, 0.3) is 0 Å². The summed E-state index contributed by atoms with van der Waals surface area (Å²) in [4.78, 5) is 11.0. The fourth-order valence-corrected chi connectivity index (χ4v) is 1.36. The van der Waals surface area contributed by atoms with Gasteiger partial charge in [-0.15, -0.1) is 0 Å². The zero-order valence-electron chi connectivity index (χ0n) is 9.11. The minimum absolute atomic E-state index is 0.281. The van der Waals surface area contributed by atoms with E-state index in [9.17, 15) is 4.79 Å². The molecule has 4 nitrogen and oxygen atoms in total. The molecule has 0 spiro atoms. The van der Waals surface area contributed by atoms with E-state index in [0.29, 0.717) is 11.5 Å². The lowest BCUT2D eigenvalue weighted by Gasteiger charge is -2.17. The van der Waals surface area contributed by atoms with Crippen molar-refractivity contribution in [2.24, 2.45) is 11.7 Å². The molecule has 2 N–H and O–H groups in total. The van der Waals surface area contributed by atoms with Crippen molar-refractivity contribution >= 4 is 5.91 Å². The summed E-state index contributed by atoms with van der Waals surface area (Å²) in [5, 5.41) is 4.17. The van der Waals surface area contributed by atoms with Gasteiger partial charge >= 0.3 is 0 Å². The Hall–Kier alpha value is -1.32. The molecule has 1 atom stereocenters. The molecule has 0 aromatic carbocycles. The molecule has 4 heteroatoms. The van der Waals surface area contributed by atoms with Gasteiger partial charge in [-0.25, -0.2) is 0 Å². The Kier molecular flexibility index (Phi) is 2.93. The molecule has 1 unspecified atom stereocenters. The SMILES string of the molecule is Cc1c(C(N)=O)cnn1C(C)C(C)C. The van der Waals surface area contributed by atoms with Crippen LogP contribution < -0.4 is 5.73 Å². The Morgan fingerprint density at radius 3 is 2.43 bits per heavy atom. The van der Waals surface area contributed by atoms with Gasteiger partial charge in [0.1, 0.15) is 0 Å². The zero-order valence-corrected chi connectivity index (χ0v) is 9.11. The molecule has 0 saturated carbocycles. The fraction of sp³-hybridized carbons (Fsp3) is 0.600. The molecule has 1 heterocycles. The number of carbonyl (C=O) groups excluding carboxylic acids is 1. The molecule has 0 radical (unpaired) electrons. The Labute approximate surface area is 84.1 Å². The van der Waals surface area contributed by atoms with Gasteiger partial charge in [0.05, 0.1) is 17.8 Å². The monoisotopic (exact) mass is 195 g/mol. The average molecular weight is 195 g/mol. The molecule has 14 heavy (non-hydrogen) atoms. The molecule has 0 fully saturated rings. The minimum Gasteiger partial charge on any atom is -0.365 e. The summed E-state index contributed by atoms with van der Waals surface area (Å²) in [7, 11) is 0. The topological polar surface area (TPSA) is 60.9 Å². The van der Waals surface area contributed by atoms with Crippen molar-refractivity contribution in [3.63, 3.8) is 0 Å². The number of rotatable bonds is 3. The highest BCUT2D eigenvalue weighted by Crippen LogP contribution is 2.19. The Morgan fingerprint density at radius 2 is 2.07 bits per heavy atom. The van der Waals surface area contributed by atoms with Gasteiger partial charge in [-0.05, 0) is 19.8 Å². The van der Waals surface area contributed by atoms with Crippen molar-refractivity contribution in [2.75, 3.05) is 0 Å². The zero-order chi connectivity index (χ0) is 10.9. The number of amides is 1. The molecule has 0 bridgehead atoms. The van der Waals surface area contributed by atoms with Crippen molar-refractivity contribution in [3.05, 3.63) is 17.5 Å². The third-order valence-corrected chi connectivity index (χ3v) is 2.66. The second-order valence-corrected chi connectivity index (χ2v) is 3.94. The molecular formula is C10H17N3O. The predicted octanol–water partition coefficient (Wildman–Crippen LogP) is 1.51. The van der Waals surface area contributed by atoms with Crippen LogP contribution in [0.15, 0.2) is 6.20 Å². The lowest BCUT2D eigenvalue weighted by molar-refractivity contribution is 0.0999. The third-order valence-electron chi connectivity index (χ3n) is 2.66. The van der Waals surface area contributed by atoms with Crippen LogP contribution >= 0.6 is 0 Å². The molecular weight excluding hydrogens is 178 g/mol. The van der Waals surface area contributed by atoms with Crippen LogP contribution in [0.3, 0.4) is 0 Å². The van der Waals surface area contributed by atoms with Crippen LogP contribution in [-0.2, 0) is 0 Å². The molecule has 1 aromatic heterocycles. The van der Waals surface area contributed by atoms with Gasteiger partial charge in [0.2, 0.25) is 0 Å². The van der Waals surface area contributed by atoms with E-state index in [4.69, 9.17) is 5.73 Å². The fourth-order valence-electron chi connectivity index (χ4n) is 1.36. The molecule has 1 amide bonds. The third kappa shape index (κ3) is 1.78. The molecule has 0 aliphatic heterocycles. The van der Waals surface area contributed by atoms with E-state index in [1.165, 1.54) is 6.20 Å². The van der Waals surface area contributed by atoms with E-state index >= 15 is 0 Å². The number of nitrogens with zero attached hydrogens (tertiary/aromatic N) is 2. The molecule has 1 aromatic rings. The van der Waals surface area contributed by atoms with Crippen molar-refractivity contribution in [1.82, 2.24) is 9.78 Å². The lowest BCUT2D eigenvalue weighted by Crippen LogP contribution is -2.16. The Morgan fingerprint density at radius 1 is 1.50 bits per heavy atom. The van der Waals surface area contributed by atoms with Gasteiger partial charge in [0.25, 0.3) is 5.91 Å². The summed E-state index contributed by atoms with van der Waals surface area (Å²) < 4.78 is 1.85. The summed E-state index contributed by atoms with van der Waals surface area (Å²) in [6, 6.07) is 0.281. The highest BCUT2D eigenvalue weighted by Gasteiger charge is 2.16. The first-order chi connectivity index (χ1) is 6.45. The van der Waals surface area contributed by atoms with Gasteiger partial charge in [-0.3, -0.25) is 9.48 Å². The number of primary amides is 1. The summed E-state index contributed by atoms with van der Waals surface area (Å²) >= 11 is 0. The van der Waals surface area contributed by atoms with Crippen molar-refractivity contribution < 1.29 is 4.79 Å². The molecule has 0 aliphatic carbocycles. The van der Waals surface area contributed by atoms with Crippen LogP contribution in [0, 0.1) is 12.8 Å². The van der Waals surface area contributed by atoms with E-state index in [1.54, 1.807) is 0 Å². The smallest absolute Gasteiger partial charge is 0.252 e. The van der Waals surface area contributed by atoms with Crippen LogP contribution in [0.5, 0.6) is 0 Å².